The molecule has 2 aliphatic rings. The van der Waals surface area contributed by atoms with Crippen LogP contribution in [0.2, 0.25) is 0 Å². The van der Waals surface area contributed by atoms with Crippen LogP contribution < -0.4 is 24.8 Å². The van der Waals surface area contributed by atoms with Crippen LogP contribution in [0.4, 0.5) is 0 Å². The third-order valence-corrected chi connectivity index (χ3v) is 16.2. The van der Waals surface area contributed by atoms with Crippen molar-refractivity contribution in [1.29, 1.82) is 0 Å². The summed E-state index contributed by atoms with van der Waals surface area (Å²) in [5.74, 6) is -5.96. The van der Waals surface area contributed by atoms with Crippen LogP contribution in [0.3, 0.4) is 0 Å². The molecule has 22 nitrogen and oxygen atoms in total. The first-order chi connectivity index (χ1) is 42.8. The molecular formula is C68H90N6O16. The highest BCUT2D eigenvalue weighted by Crippen LogP contribution is 2.40. The number of phenols is 1. The smallest absolute Gasteiger partial charge is 0.330 e. The summed E-state index contributed by atoms with van der Waals surface area (Å²) in [5.41, 5.74) is -0.692. The van der Waals surface area contributed by atoms with E-state index in [2.05, 4.69) is 10.6 Å². The number of amides is 6. The third kappa shape index (κ3) is 19.5. The Morgan fingerprint density at radius 3 is 2.22 bits per heavy atom. The summed E-state index contributed by atoms with van der Waals surface area (Å²) in [5, 5.41) is 18.8. The number of carbonyl (C=O) groups is 9. The van der Waals surface area contributed by atoms with Crippen molar-refractivity contribution in [2.75, 3.05) is 74.8 Å². The molecule has 4 aromatic carbocycles. The van der Waals surface area contributed by atoms with Crippen molar-refractivity contribution in [1.82, 2.24) is 30.2 Å². The topological polar surface area (TPSA) is 266 Å². The van der Waals surface area contributed by atoms with Crippen molar-refractivity contribution in [3.8, 4) is 23.0 Å². The van der Waals surface area contributed by atoms with E-state index in [4.69, 9.17) is 28.4 Å². The zero-order chi connectivity index (χ0) is 65.9. The van der Waals surface area contributed by atoms with E-state index in [1.807, 2.05) is 49.4 Å². The van der Waals surface area contributed by atoms with Gasteiger partial charge in [-0.2, -0.15) is 0 Å². The molecule has 1 fully saturated rings. The molecule has 22 heteroatoms. The van der Waals surface area contributed by atoms with Gasteiger partial charge in [-0.1, -0.05) is 86.5 Å². The van der Waals surface area contributed by atoms with Crippen LogP contribution in [0.5, 0.6) is 23.0 Å². The third-order valence-electron chi connectivity index (χ3n) is 16.2. The number of Topliss-reactive ketones (excluding diaryl/α,β-unsaturated/α-hetero) is 1. The van der Waals surface area contributed by atoms with Crippen molar-refractivity contribution >= 4 is 63.9 Å². The molecule has 0 unspecified atom stereocenters. The number of rotatable bonds is 12. The van der Waals surface area contributed by atoms with Crippen molar-refractivity contribution < 1.29 is 76.7 Å². The van der Waals surface area contributed by atoms with E-state index in [-0.39, 0.29) is 69.0 Å². The number of unbranched alkanes of at least 4 members (excludes halogenated alkanes) is 1. The zero-order valence-corrected chi connectivity index (χ0v) is 53.9. The molecule has 6 rings (SSSR count). The number of methoxy groups -OCH3 is 2. The second kappa shape index (κ2) is 32.8. The Morgan fingerprint density at radius 2 is 1.51 bits per heavy atom. The Balaban J connectivity index is 1.35. The fourth-order valence-electron chi connectivity index (χ4n) is 10.6. The Hall–Kier alpha value is -8.53. The van der Waals surface area contributed by atoms with Gasteiger partial charge in [0.25, 0.3) is 11.8 Å². The van der Waals surface area contributed by atoms with Gasteiger partial charge in [-0.15, -0.1) is 0 Å². The number of likely N-dealkylation sites (N-methyl/N-ethyl adjacent to an activating group) is 3. The average Bonchev–Trinajstić information content (AvgIpc) is 1.11. The van der Waals surface area contributed by atoms with E-state index in [0.29, 0.717) is 61.0 Å². The number of fused-ring (bicyclic) bond motifs is 4. The molecule has 0 aliphatic carbocycles. The van der Waals surface area contributed by atoms with Crippen molar-refractivity contribution in [2.45, 2.75) is 148 Å². The Kier molecular flexibility index (Phi) is 25.7. The molecule has 0 aromatic heterocycles. The minimum atomic E-state index is -1.50. The van der Waals surface area contributed by atoms with Gasteiger partial charge < -0.3 is 63.8 Å². The van der Waals surface area contributed by atoms with E-state index in [1.54, 1.807) is 70.3 Å². The van der Waals surface area contributed by atoms with Crippen LogP contribution in [-0.2, 0) is 70.2 Å². The number of phenolic OH excluding ortho intramolecular Hbond substituents is 1. The molecule has 488 valence electrons. The van der Waals surface area contributed by atoms with Crippen LogP contribution in [0, 0.1) is 5.41 Å². The minimum Gasteiger partial charge on any atom is -0.504 e. The predicted molar refractivity (Wildman–Crippen MR) is 336 cm³/mol. The first-order valence-corrected chi connectivity index (χ1v) is 30.8. The number of esters is 2. The lowest BCUT2D eigenvalue weighted by atomic mass is 9.87. The molecule has 5 atom stereocenters. The monoisotopic (exact) mass is 1250 g/mol. The number of hydrogen-bond donors (Lipinski definition) is 3. The molecule has 2 heterocycles. The van der Waals surface area contributed by atoms with Crippen LogP contribution in [0.25, 0.3) is 10.8 Å². The first-order valence-electron chi connectivity index (χ1n) is 30.8. The largest absolute Gasteiger partial charge is 0.504 e. The standard InChI is InChI=1S/C68H90N6O16/c1-12-13-26-51-63(81)70-50(38-44-29-30-45-22-16-17-23-47(45)37-44)64(82)73(9)53(41-89-67(2,3)4)62(80)69-40-56(75)71(7)35-19-14-15-28-58(77)88-43-68(5,6)61(79)65(83)74-36-20-18-27-52(74)66(84)90-54(33-31-46-32-34-55(85-10)60(86-11)59(46)78)48-24-21-25-49(39-48)87-42-57(76)72(51)8/h15-17,21-25,28-30,32,34,37,39,50-54,78H,12-14,18-20,26-27,31,33,35-36,38,40-43H2,1-11H3,(H,69,80)(H,70,81)/t50-,51-,52-,53-,54+/m0/s1. The van der Waals surface area contributed by atoms with Gasteiger partial charge in [0.05, 0.1) is 38.4 Å². The Morgan fingerprint density at radius 1 is 0.767 bits per heavy atom. The van der Waals surface area contributed by atoms with Crippen LogP contribution in [-0.4, -0.2) is 182 Å². The number of piperidine rings is 1. The number of carbonyl (C=O) groups excluding carboxylic acids is 9. The van der Waals surface area contributed by atoms with Gasteiger partial charge in [0.15, 0.2) is 18.1 Å². The number of nitrogens with one attached hydrogen (secondary N) is 2. The van der Waals surface area contributed by atoms with E-state index < -0.39 is 114 Å². The fraction of sp³-hybridized carbons (Fsp3) is 0.515. The minimum absolute atomic E-state index is 0.00781. The lowest BCUT2D eigenvalue weighted by Gasteiger charge is -2.36. The molecule has 2 bridgehead atoms. The molecule has 0 saturated carbocycles. The summed E-state index contributed by atoms with van der Waals surface area (Å²) < 4.78 is 34.9. The summed E-state index contributed by atoms with van der Waals surface area (Å²) >= 11 is 0. The lowest BCUT2D eigenvalue weighted by Crippen LogP contribution is -2.59. The highest BCUT2D eigenvalue weighted by Gasteiger charge is 2.43. The number of aromatic hydroxyl groups is 1. The average molecular weight is 1250 g/mol. The maximum absolute atomic E-state index is 15.1. The van der Waals surface area contributed by atoms with Crippen LogP contribution in [0.1, 0.15) is 122 Å². The summed E-state index contributed by atoms with van der Waals surface area (Å²) in [6.45, 7) is 8.87. The van der Waals surface area contributed by atoms with E-state index in [9.17, 15) is 43.5 Å². The van der Waals surface area contributed by atoms with Gasteiger partial charge >= 0.3 is 11.9 Å². The summed E-state index contributed by atoms with van der Waals surface area (Å²) in [7, 11) is 7.30. The molecule has 6 amide bonds. The maximum Gasteiger partial charge on any atom is 0.330 e. The molecule has 0 spiro atoms. The number of ketones is 1. The van der Waals surface area contributed by atoms with Gasteiger partial charge in [-0.3, -0.25) is 33.6 Å². The molecular weight excluding hydrogens is 1160 g/mol. The van der Waals surface area contributed by atoms with Gasteiger partial charge in [0, 0.05) is 46.7 Å². The zero-order valence-electron chi connectivity index (χ0n) is 53.9. The van der Waals surface area contributed by atoms with Gasteiger partial charge in [-0.05, 0) is 132 Å². The molecule has 2 aliphatic heterocycles. The van der Waals surface area contributed by atoms with E-state index in [1.165, 1.54) is 67.8 Å². The highest BCUT2D eigenvalue weighted by atomic mass is 16.5. The number of benzene rings is 4. The molecule has 4 aromatic rings. The quantitative estimate of drug-likeness (QED) is 0.0953. The summed E-state index contributed by atoms with van der Waals surface area (Å²) in [4.78, 5) is 133. The number of nitrogens with zero attached hydrogens (tertiary/aromatic N) is 4. The first kappa shape index (κ1) is 70.6. The summed E-state index contributed by atoms with van der Waals surface area (Å²) in [6.07, 6.45) is 5.28. The van der Waals surface area contributed by atoms with E-state index in [0.717, 1.165) is 10.8 Å². The normalized spacial score (nSPS) is 21.5. The van der Waals surface area contributed by atoms with Gasteiger partial charge in [0.2, 0.25) is 35.2 Å². The van der Waals surface area contributed by atoms with Crippen molar-refractivity contribution in [2.24, 2.45) is 5.41 Å². The fourth-order valence-corrected chi connectivity index (χ4v) is 10.6. The molecule has 3 N–H and O–H groups in total. The van der Waals surface area contributed by atoms with Crippen LogP contribution in [0.15, 0.2) is 91.0 Å². The second-order valence-electron chi connectivity index (χ2n) is 24.5. The van der Waals surface area contributed by atoms with Gasteiger partial charge in [0.1, 0.15) is 42.6 Å². The van der Waals surface area contributed by atoms with Gasteiger partial charge in [-0.25, -0.2) is 9.59 Å². The SMILES string of the molecule is CCCC[C@H]1C(=O)N[C@@H](Cc2ccc3ccccc3c2)C(=O)N(C)[C@@H](COC(C)(C)C)C(=O)NCC(=O)N(C)CCCC=CC(=O)OCC(C)(C)C(=O)C(=O)N2CCCC[C@H]2C(=O)O[C@H](CCc2ccc(OC)c(OC)c2O)c2cccc(c2)OCC(=O)N1C. The number of ether oxygens (including phenoxy) is 6. The second-order valence-corrected chi connectivity index (χ2v) is 24.5. The number of aryl methyl sites for hydroxylation is 1. The predicted octanol–water partition coefficient (Wildman–Crippen LogP) is 6.99. The summed E-state index contributed by atoms with van der Waals surface area (Å²) in [6, 6.07) is 18.4. The van der Waals surface area contributed by atoms with E-state index >= 15 is 4.79 Å². The molecule has 1 saturated heterocycles. The molecule has 90 heavy (non-hydrogen) atoms. The number of allylic oxidation sites excluding steroid dienone is 1. The van der Waals surface area contributed by atoms with Crippen LogP contribution >= 0.6 is 0 Å². The number of cyclic esters (lactones) is 2. The molecule has 0 radical (unpaired) electrons. The van der Waals surface area contributed by atoms with Crippen molar-refractivity contribution in [3.05, 3.63) is 108 Å². The highest BCUT2D eigenvalue weighted by molar-refractivity contribution is 6.38. The van der Waals surface area contributed by atoms with Crippen molar-refractivity contribution in [3.63, 3.8) is 0 Å². The lowest BCUT2D eigenvalue weighted by molar-refractivity contribution is -0.165. The Bertz CT molecular complexity index is 3230. The Labute approximate surface area is 527 Å². The number of hydrogen-bond acceptors (Lipinski definition) is 16. The maximum atomic E-state index is 15.1.